The normalized spacial score (nSPS) is 15.7. The molecule has 0 atom stereocenters. The molecule has 0 unspecified atom stereocenters. The number of aryl methyl sites for hydroxylation is 1. The van der Waals surface area contributed by atoms with Gasteiger partial charge in [0.2, 0.25) is 10.1 Å². The molecule has 2 aromatic heterocycles. The Balaban J connectivity index is 1.46. The smallest absolute Gasteiger partial charge is 0.214 e. The molecule has 1 aliphatic heterocycles. The number of aromatic hydroxyl groups is 1. The van der Waals surface area contributed by atoms with Gasteiger partial charge in [-0.15, -0.1) is 5.10 Å². The van der Waals surface area contributed by atoms with E-state index in [9.17, 15) is 5.11 Å². The van der Waals surface area contributed by atoms with Crippen LogP contribution in [0.4, 0.5) is 10.8 Å². The summed E-state index contributed by atoms with van der Waals surface area (Å²) >= 11 is 1.64. The minimum absolute atomic E-state index is 0.309. The summed E-state index contributed by atoms with van der Waals surface area (Å²) in [5.41, 5.74) is 2.16. The average Bonchev–Trinajstić information content (AvgIpc) is 3.05. The second-order valence-corrected chi connectivity index (χ2v) is 6.42. The fraction of sp³-hybridized carbons (Fsp3) is 0.333. The molecule has 3 heterocycles. The van der Waals surface area contributed by atoms with Gasteiger partial charge in [0.1, 0.15) is 5.75 Å². The van der Waals surface area contributed by atoms with Crippen LogP contribution in [0.1, 0.15) is 5.69 Å². The van der Waals surface area contributed by atoms with E-state index >= 15 is 0 Å². The summed E-state index contributed by atoms with van der Waals surface area (Å²) in [6.07, 6.45) is 1.96. The Labute approximate surface area is 132 Å². The summed E-state index contributed by atoms with van der Waals surface area (Å²) < 4.78 is 1.86. The van der Waals surface area contributed by atoms with Crippen molar-refractivity contribution in [3.63, 3.8) is 0 Å². The predicted molar refractivity (Wildman–Crippen MR) is 88.1 cm³/mol. The van der Waals surface area contributed by atoms with Crippen molar-refractivity contribution < 1.29 is 5.11 Å². The molecule has 4 rings (SSSR count). The number of imidazole rings is 1. The van der Waals surface area contributed by atoms with E-state index in [0.717, 1.165) is 47.7 Å². The molecule has 1 fully saturated rings. The molecule has 22 heavy (non-hydrogen) atoms. The third-order valence-electron chi connectivity index (χ3n) is 3.92. The van der Waals surface area contributed by atoms with E-state index in [-0.39, 0.29) is 0 Å². The number of phenolic OH excluding ortho intramolecular Hbond substituents is 1. The molecular weight excluding hydrogens is 298 g/mol. The van der Waals surface area contributed by atoms with Crippen molar-refractivity contribution in [1.82, 2.24) is 14.6 Å². The number of piperazine rings is 1. The molecule has 0 aliphatic carbocycles. The zero-order chi connectivity index (χ0) is 15.1. The van der Waals surface area contributed by atoms with Crippen LogP contribution in [0.5, 0.6) is 5.75 Å². The van der Waals surface area contributed by atoms with Gasteiger partial charge < -0.3 is 14.9 Å². The minimum atomic E-state index is 0.309. The van der Waals surface area contributed by atoms with E-state index in [2.05, 4.69) is 19.9 Å². The van der Waals surface area contributed by atoms with Crippen LogP contribution < -0.4 is 9.80 Å². The summed E-state index contributed by atoms with van der Waals surface area (Å²) in [5.74, 6) is 0.309. The number of rotatable bonds is 2. The predicted octanol–water partition coefficient (Wildman–Crippen LogP) is 2.13. The van der Waals surface area contributed by atoms with Gasteiger partial charge >= 0.3 is 0 Å². The van der Waals surface area contributed by atoms with Crippen LogP contribution in [-0.4, -0.2) is 45.9 Å². The molecule has 0 amide bonds. The zero-order valence-electron chi connectivity index (χ0n) is 12.3. The van der Waals surface area contributed by atoms with Gasteiger partial charge in [0.15, 0.2) is 0 Å². The minimum Gasteiger partial charge on any atom is -0.508 e. The van der Waals surface area contributed by atoms with Crippen LogP contribution in [0.3, 0.4) is 0 Å². The summed E-state index contributed by atoms with van der Waals surface area (Å²) in [6.45, 7) is 5.77. The van der Waals surface area contributed by atoms with Gasteiger partial charge in [-0.2, -0.15) is 0 Å². The van der Waals surface area contributed by atoms with Crippen LogP contribution in [-0.2, 0) is 0 Å². The van der Waals surface area contributed by atoms with E-state index in [1.165, 1.54) is 0 Å². The molecule has 1 aliphatic rings. The van der Waals surface area contributed by atoms with Crippen molar-refractivity contribution in [1.29, 1.82) is 0 Å². The monoisotopic (exact) mass is 315 g/mol. The molecule has 1 saturated heterocycles. The lowest BCUT2D eigenvalue weighted by Crippen LogP contribution is -2.46. The molecule has 6 nitrogen and oxygen atoms in total. The maximum absolute atomic E-state index is 9.37. The Hall–Kier alpha value is -2.28. The number of benzene rings is 1. The lowest BCUT2D eigenvalue weighted by molar-refractivity contribution is 0.475. The van der Waals surface area contributed by atoms with Gasteiger partial charge in [0, 0.05) is 31.9 Å². The summed E-state index contributed by atoms with van der Waals surface area (Å²) in [6, 6.07) is 7.40. The number of hydrogen-bond acceptors (Lipinski definition) is 6. The Kier molecular flexibility index (Phi) is 3.15. The molecule has 3 aromatic rings. The SMILES string of the molecule is Cc1cn2nc(N3CCN(c4ccc(O)cc4)CC3)sc2n1. The summed E-state index contributed by atoms with van der Waals surface area (Å²) in [7, 11) is 0. The maximum atomic E-state index is 9.37. The molecule has 0 bridgehead atoms. The molecule has 114 valence electrons. The molecule has 1 aromatic carbocycles. The third kappa shape index (κ3) is 2.37. The fourth-order valence-electron chi connectivity index (χ4n) is 2.75. The van der Waals surface area contributed by atoms with Gasteiger partial charge in [0.05, 0.1) is 11.9 Å². The highest BCUT2D eigenvalue weighted by molar-refractivity contribution is 7.20. The Bertz CT molecular complexity index is 754. The van der Waals surface area contributed by atoms with E-state index in [1.807, 2.05) is 29.8 Å². The second-order valence-electron chi connectivity index (χ2n) is 5.48. The number of nitrogens with zero attached hydrogens (tertiary/aromatic N) is 5. The van der Waals surface area contributed by atoms with Crippen LogP contribution in [0.2, 0.25) is 0 Å². The van der Waals surface area contributed by atoms with Crippen molar-refractivity contribution in [2.24, 2.45) is 0 Å². The third-order valence-corrected chi connectivity index (χ3v) is 4.90. The van der Waals surface area contributed by atoms with E-state index in [1.54, 1.807) is 23.5 Å². The number of phenols is 1. The first-order valence-corrected chi connectivity index (χ1v) is 8.12. The van der Waals surface area contributed by atoms with Gasteiger partial charge in [-0.05, 0) is 31.2 Å². The summed E-state index contributed by atoms with van der Waals surface area (Å²) in [5, 5.41) is 15.0. The highest BCUT2D eigenvalue weighted by Gasteiger charge is 2.20. The molecule has 7 heteroatoms. The zero-order valence-corrected chi connectivity index (χ0v) is 13.1. The van der Waals surface area contributed by atoms with E-state index in [0.29, 0.717) is 5.75 Å². The van der Waals surface area contributed by atoms with Crippen molar-refractivity contribution in [2.45, 2.75) is 6.92 Å². The lowest BCUT2D eigenvalue weighted by atomic mass is 10.2. The van der Waals surface area contributed by atoms with Gasteiger partial charge in [0.25, 0.3) is 0 Å². The first-order chi connectivity index (χ1) is 10.7. The van der Waals surface area contributed by atoms with E-state index in [4.69, 9.17) is 0 Å². The molecular formula is C15H17N5OS. The van der Waals surface area contributed by atoms with Gasteiger partial charge in [-0.1, -0.05) is 11.3 Å². The topological polar surface area (TPSA) is 56.9 Å². The second kappa shape index (κ2) is 5.17. The Morgan fingerprint density at radius 2 is 1.73 bits per heavy atom. The Morgan fingerprint density at radius 1 is 1.05 bits per heavy atom. The highest BCUT2D eigenvalue weighted by atomic mass is 32.1. The molecule has 0 radical (unpaired) electrons. The van der Waals surface area contributed by atoms with Gasteiger partial charge in [-0.25, -0.2) is 9.50 Å². The fourth-order valence-corrected chi connectivity index (χ4v) is 3.73. The quantitative estimate of drug-likeness (QED) is 0.785. The molecule has 1 N–H and O–H groups in total. The highest BCUT2D eigenvalue weighted by Crippen LogP contribution is 2.26. The van der Waals surface area contributed by atoms with Gasteiger partial charge in [-0.3, -0.25) is 0 Å². The average molecular weight is 315 g/mol. The lowest BCUT2D eigenvalue weighted by Gasteiger charge is -2.35. The Morgan fingerprint density at radius 3 is 2.41 bits per heavy atom. The van der Waals surface area contributed by atoms with Crippen LogP contribution in [0, 0.1) is 6.92 Å². The van der Waals surface area contributed by atoms with Crippen molar-refractivity contribution in [3.05, 3.63) is 36.2 Å². The van der Waals surface area contributed by atoms with Crippen LogP contribution >= 0.6 is 11.3 Å². The number of anilines is 2. The van der Waals surface area contributed by atoms with Crippen LogP contribution in [0.25, 0.3) is 4.96 Å². The number of hydrogen-bond donors (Lipinski definition) is 1. The molecule has 0 saturated carbocycles. The summed E-state index contributed by atoms with van der Waals surface area (Å²) in [4.78, 5) is 10.1. The molecule has 0 spiro atoms. The maximum Gasteiger partial charge on any atom is 0.214 e. The largest absolute Gasteiger partial charge is 0.508 e. The van der Waals surface area contributed by atoms with Crippen molar-refractivity contribution in [3.8, 4) is 5.75 Å². The number of fused-ring (bicyclic) bond motifs is 1. The van der Waals surface area contributed by atoms with E-state index < -0.39 is 0 Å². The number of aromatic nitrogens is 3. The standard InChI is InChI=1S/C15H17N5OS/c1-11-10-20-14(16-11)22-15(17-20)19-8-6-18(7-9-19)12-2-4-13(21)5-3-12/h2-5,10,21H,6-9H2,1H3. The first-order valence-electron chi connectivity index (χ1n) is 7.31. The van der Waals surface area contributed by atoms with Crippen molar-refractivity contribution >= 4 is 27.1 Å². The van der Waals surface area contributed by atoms with Crippen molar-refractivity contribution in [2.75, 3.05) is 36.0 Å². The first kappa shape index (κ1) is 13.4. The van der Waals surface area contributed by atoms with Crippen LogP contribution in [0.15, 0.2) is 30.5 Å².